The first-order valence-corrected chi connectivity index (χ1v) is 7.05. The van der Waals surface area contributed by atoms with E-state index in [2.05, 4.69) is 26.2 Å². The SMILES string of the molecule is Cc1nc(Br)ccc1NC(=O)C1CCC(N)CC1. The lowest BCUT2D eigenvalue weighted by atomic mass is 9.86. The predicted octanol–water partition coefficient (Wildman–Crippen LogP) is 2.61. The van der Waals surface area contributed by atoms with Crippen molar-refractivity contribution < 1.29 is 4.79 Å². The van der Waals surface area contributed by atoms with Gasteiger partial charge in [-0.2, -0.15) is 0 Å². The first-order chi connectivity index (χ1) is 8.56. The van der Waals surface area contributed by atoms with Gasteiger partial charge in [-0.25, -0.2) is 4.98 Å². The lowest BCUT2D eigenvalue weighted by molar-refractivity contribution is -0.120. The Labute approximate surface area is 115 Å². The van der Waals surface area contributed by atoms with Gasteiger partial charge in [0.05, 0.1) is 11.4 Å². The third-order valence-electron chi connectivity index (χ3n) is 3.45. The highest BCUT2D eigenvalue weighted by Crippen LogP contribution is 2.25. The van der Waals surface area contributed by atoms with Crippen molar-refractivity contribution in [2.75, 3.05) is 5.32 Å². The molecule has 0 atom stereocenters. The summed E-state index contributed by atoms with van der Waals surface area (Å²) in [7, 11) is 0. The maximum absolute atomic E-state index is 12.1. The Hall–Kier alpha value is -0.940. The Morgan fingerprint density at radius 2 is 2.06 bits per heavy atom. The Morgan fingerprint density at radius 1 is 1.39 bits per heavy atom. The number of hydrogen-bond acceptors (Lipinski definition) is 3. The van der Waals surface area contributed by atoms with Gasteiger partial charge in [-0.05, 0) is 60.7 Å². The summed E-state index contributed by atoms with van der Waals surface area (Å²) >= 11 is 3.31. The second kappa shape index (κ2) is 5.80. The molecule has 0 aliphatic heterocycles. The largest absolute Gasteiger partial charge is 0.328 e. The number of aromatic nitrogens is 1. The van der Waals surface area contributed by atoms with Crippen molar-refractivity contribution in [2.45, 2.75) is 38.6 Å². The van der Waals surface area contributed by atoms with Crippen LogP contribution in [0.15, 0.2) is 16.7 Å². The van der Waals surface area contributed by atoms with Gasteiger partial charge in [0.2, 0.25) is 5.91 Å². The maximum atomic E-state index is 12.1. The highest BCUT2D eigenvalue weighted by molar-refractivity contribution is 9.10. The smallest absolute Gasteiger partial charge is 0.227 e. The van der Waals surface area contributed by atoms with E-state index in [0.29, 0.717) is 0 Å². The van der Waals surface area contributed by atoms with Crippen molar-refractivity contribution in [3.05, 3.63) is 22.4 Å². The summed E-state index contributed by atoms with van der Waals surface area (Å²) in [5.74, 6) is 0.182. The second-order valence-corrected chi connectivity index (χ2v) is 5.68. The third-order valence-corrected chi connectivity index (χ3v) is 3.89. The van der Waals surface area contributed by atoms with E-state index < -0.39 is 0 Å². The number of hydrogen-bond donors (Lipinski definition) is 2. The minimum atomic E-state index is 0.0906. The van der Waals surface area contributed by atoms with Gasteiger partial charge in [-0.1, -0.05) is 0 Å². The topological polar surface area (TPSA) is 68.0 Å². The monoisotopic (exact) mass is 311 g/mol. The van der Waals surface area contributed by atoms with Gasteiger partial charge in [-0.15, -0.1) is 0 Å². The molecule has 1 aromatic heterocycles. The number of halogens is 1. The average molecular weight is 312 g/mol. The van der Waals surface area contributed by atoms with E-state index in [1.807, 2.05) is 19.1 Å². The summed E-state index contributed by atoms with van der Waals surface area (Å²) in [5, 5.41) is 2.96. The van der Waals surface area contributed by atoms with E-state index in [0.717, 1.165) is 41.7 Å². The number of rotatable bonds is 2. The molecule has 2 rings (SSSR count). The van der Waals surface area contributed by atoms with E-state index >= 15 is 0 Å². The van der Waals surface area contributed by atoms with Crippen LogP contribution in [0.2, 0.25) is 0 Å². The van der Waals surface area contributed by atoms with Crippen LogP contribution >= 0.6 is 15.9 Å². The molecule has 1 aliphatic carbocycles. The Morgan fingerprint density at radius 3 is 2.67 bits per heavy atom. The number of nitrogens with one attached hydrogen (secondary N) is 1. The van der Waals surface area contributed by atoms with E-state index in [-0.39, 0.29) is 17.9 Å². The van der Waals surface area contributed by atoms with E-state index in [1.165, 1.54) is 0 Å². The van der Waals surface area contributed by atoms with Gasteiger partial charge >= 0.3 is 0 Å². The minimum Gasteiger partial charge on any atom is -0.328 e. The van der Waals surface area contributed by atoms with Gasteiger partial charge < -0.3 is 11.1 Å². The van der Waals surface area contributed by atoms with Gasteiger partial charge in [0.25, 0.3) is 0 Å². The number of anilines is 1. The van der Waals surface area contributed by atoms with E-state index in [4.69, 9.17) is 5.73 Å². The van der Waals surface area contributed by atoms with Crippen molar-refractivity contribution in [1.82, 2.24) is 4.98 Å². The van der Waals surface area contributed by atoms with Crippen LogP contribution in [-0.2, 0) is 4.79 Å². The van der Waals surface area contributed by atoms with Gasteiger partial charge in [-0.3, -0.25) is 4.79 Å². The number of aryl methyl sites for hydroxylation is 1. The molecule has 1 saturated carbocycles. The van der Waals surface area contributed by atoms with Crippen LogP contribution in [0.5, 0.6) is 0 Å². The number of pyridine rings is 1. The van der Waals surface area contributed by atoms with Crippen molar-refractivity contribution in [2.24, 2.45) is 11.7 Å². The maximum Gasteiger partial charge on any atom is 0.227 e. The zero-order chi connectivity index (χ0) is 13.1. The standard InChI is InChI=1S/C13H18BrN3O/c1-8-11(6-7-12(14)16-8)17-13(18)9-2-4-10(15)5-3-9/h6-7,9-10H,2-5,15H2,1H3,(H,17,18). The van der Waals surface area contributed by atoms with Gasteiger partial charge in [0, 0.05) is 12.0 Å². The van der Waals surface area contributed by atoms with Crippen LogP contribution in [0.1, 0.15) is 31.4 Å². The molecule has 18 heavy (non-hydrogen) atoms. The molecule has 0 spiro atoms. The molecule has 0 radical (unpaired) electrons. The van der Waals surface area contributed by atoms with Crippen molar-refractivity contribution in [3.8, 4) is 0 Å². The average Bonchev–Trinajstić information content (AvgIpc) is 2.33. The lowest BCUT2D eigenvalue weighted by Gasteiger charge is -2.25. The predicted molar refractivity (Wildman–Crippen MR) is 75.2 cm³/mol. The molecule has 5 heteroatoms. The fourth-order valence-corrected chi connectivity index (χ4v) is 2.68. The highest BCUT2D eigenvalue weighted by atomic mass is 79.9. The normalized spacial score (nSPS) is 23.7. The molecule has 3 N–H and O–H groups in total. The molecule has 1 amide bonds. The van der Waals surface area contributed by atoms with Crippen LogP contribution < -0.4 is 11.1 Å². The molecule has 0 saturated heterocycles. The lowest BCUT2D eigenvalue weighted by Crippen LogP contribution is -2.32. The molecule has 98 valence electrons. The number of carbonyl (C=O) groups excluding carboxylic acids is 1. The van der Waals surface area contributed by atoms with Crippen molar-refractivity contribution >= 4 is 27.5 Å². The third kappa shape index (κ3) is 3.29. The quantitative estimate of drug-likeness (QED) is 0.825. The first-order valence-electron chi connectivity index (χ1n) is 6.26. The number of nitrogens with zero attached hydrogens (tertiary/aromatic N) is 1. The molecule has 0 bridgehead atoms. The number of amides is 1. The van der Waals surface area contributed by atoms with Crippen LogP contribution in [-0.4, -0.2) is 16.9 Å². The Kier molecular flexibility index (Phi) is 4.35. The van der Waals surface area contributed by atoms with Gasteiger partial charge in [0.1, 0.15) is 4.60 Å². The van der Waals surface area contributed by atoms with Crippen LogP contribution in [0.3, 0.4) is 0 Å². The Bertz CT molecular complexity index is 442. The highest BCUT2D eigenvalue weighted by Gasteiger charge is 2.24. The summed E-state index contributed by atoms with van der Waals surface area (Å²) in [4.78, 5) is 16.4. The van der Waals surface area contributed by atoms with E-state index in [1.54, 1.807) is 0 Å². The van der Waals surface area contributed by atoms with Crippen molar-refractivity contribution in [3.63, 3.8) is 0 Å². The molecular weight excluding hydrogens is 294 g/mol. The minimum absolute atomic E-state index is 0.0906. The molecule has 4 nitrogen and oxygen atoms in total. The molecule has 0 unspecified atom stereocenters. The number of carbonyl (C=O) groups is 1. The first kappa shape index (κ1) is 13.5. The summed E-state index contributed by atoms with van der Waals surface area (Å²) in [6, 6.07) is 3.98. The van der Waals surface area contributed by atoms with E-state index in [9.17, 15) is 4.79 Å². The fraction of sp³-hybridized carbons (Fsp3) is 0.538. The molecular formula is C13H18BrN3O. The zero-order valence-corrected chi connectivity index (χ0v) is 12.0. The second-order valence-electron chi connectivity index (χ2n) is 4.87. The van der Waals surface area contributed by atoms with Crippen LogP contribution in [0.4, 0.5) is 5.69 Å². The molecule has 1 heterocycles. The summed E-state index contributed by atoms with van der Waals surface area (Å²) in [6.45, 7) is 1.89. The Balaban J connectivity index is 1.98. The molecule has 1 aromatic rings. The molecule has 0 aromatic carbocycles. The van der Waals surface area contributed by atoms with Crippen molar-refractivity contribution in [1.29, 1.82) is 0 Å². The fourth-order valence-electron chi connectivity index (χ4n) is 2.28. The number of nitrogens with two attached hydrogens (primary N) is 1. The summed E-state index contributed by atoms with van der Waals surface area (Å²) in [6.07, 6.45) is 3.65. The van der Waals surface area contributed by atoms with Crippen LogP contribution in [0.25, 0.3) is 0 Å². The summed E-state index contributed by atoms with van der Waals surface area (Å²) < 4.78 is 0.779. The van der Waals surface area contributed by atoms with Gasteiger partial charge in [0.15, 0.2) is 0 Å². The molecule has 1 aliphatic rings. The zero-order valence-electron chi connectivity index (χ0n) is 10.4. The summed E-state index contributed by atoms with van der Waals surface area (Å²) in [5.41, 5.74) is 7.46. The van der Waals surface area contributed by atoms with Crippen LogP contribution in [0, 0.1) is 12.8 Å². The molecule has 1 fully saturated rings.